The van der Waals surface area contributed by atoms with Crippen LogP contribution in [-0.4, -0.2) is 20.9 Å². The van der Waals surface area contributed by atoms with E-state index in [9.17, 15) is 9.18 Å². The standard InChI is InChI=1S/C17H13FN2O2/c1-11-5-6-15(8-16(11)18)20-10-14(9-19-20)12-3-2-4-13(7-12)17(21)22/h2-10H,1H3,(H,21,22). The number of carboxylic acid groups (broad SMARTS) is 1. The van der Waals surface area contributed by atoms with Crippen LogP contribution in [0, 0.1) is 12.7 Å². The van der Waals surface area contributed by atoms with Crippen LogP contribution in [0.3, 0.4) is 0 Å². The summed E-state index contributed by atoms with van der Waals surface area (Å²) in [5.41, 5.74) is 2.92. The molecule has 0 aliphatic rings. The summed E-state index contributed by atoms with van der Waals surface area (Å²) >= 11 is 0. The highest BCUT2D eigenvalue weighted by molar-refractivity contribution is 5.89. The van der Waals surface area contributed by atoms with E-state index in [1.165, 1.54) is 12.1 Å². The fraction of sp³-hybridized carbons (Fsp3) is 0.0588. The first kappa shape index (κ1) is 14.0. The summed E-state index contributed by atoms with van der Waals surface area (Å²) in [4.78, 5) is 11.0. The maximum atomic E-state index is 13.6. The number of carboxylic acids is 1. The number of halogens is 1. The average molecular weight is 296 g/mol. The van der Waals surface area contributed by atoms with E-state index in [0.29, 0.717) is 11.3 Å². The molecule has 0 unspecified atom stereocenters. The van der Waals surface area contributed by atoms with Gasteiger partial charge in [0.25, 0.3) is 0 Å². The number of benzene rings is 2. The van der Waals surface area contributed by atoms with Gasteiger partial charge in [-0.1, -0.05) is 18.2 Å². The smallest absolute Gasteiger partial charge is 0.335 e. The summed E-state index contributed by atoms with van der Waals surface area (Å²) in [6.07, 6.45) is 3.36. The Bertz CT molecular complexity index is 855. The first-order valence-corrected chi connectivity index (χ1v) is 6.69. The Morgan fingerprint density at radius 1 is 1.18 bits per heavy atom. The van der Waals surface area contributed by atoms with Gasteiger partial charge >= 0.3 is 5.97 Å². The number of aromatic carboxylic acids is 1. The van der Waals surface area contributed by atoms with E-state index >= 15 is 0 Å². The van der Waals surface area contributed by atoms with Crippen molar-refractivity contribution in [3.63, 3.8) is 0 Å². The lowest BCUT2D eigenvalue weighted by Gasteiger charge is -2.03. The quantitative estimate of drug-likeness (QED) is 0.802. The molecule has 0 spiro atoms. The van der Waals surface area contributed by atoms with Gasteiger partial charge in [-0.2, -0.15) is 5.10 Å². The van der Waals surface area contributed by atoms with Crippen molar-refractivity contribution >= 4 is 5.97 Å². The van der Waals surface area contributed by atoms with E-state index in [4.69, 9.17) is 5.11 Å². The van der Waals surface area contributed by atoms with Crippen molar-refractivity contribution in [3.8, 4) is 16.8 Å². The van der Waals surface area contributed by atoms with E-state index in [0.717, 1.165) is 11.1 Å². The monoisotopic (exact) mass is 296 g/mol. The Morgan fingerprint density at radius 3 is 2.73 bits per heavy atom. The van der Waals surface area contributed by atoms with Crippen LogP contribution in [0.2, 0.25) is 0 Å². The molecule has 0 radical (unpaired) electrons. The molecule has 0 aliphatic carbocycles. The molecule has 2 aromatic carbocycles. The molecule has 0 fully saturated rings. The van der Waals surface area contributed by atoms with Crippen molar-refractivity contribution in [3.05, 3.63) is 71.8 Å². The molecule has 5 heteroatoms. The van der Waals surface area contributed by atoms with Crippen LogP contribution in [0.1, 0.15) is 15.9 Å². The molecule has 1 heterocycles. The van der Waals surface area contributed by atoms with Crippen LogP contribution in [0.15, 0.2) is 54.9 Å². The SMILES string of the molecule is Cc1ccc(-n2cc(-c3cccc(C(=O)O)c3)cn2)cc1F. The van der Waals surface area contributed by atoms with Crippen LogP contribution in [-0.2, 0) is 0 Å². The minimum atomic E-state index is -0.977. The summed E-state index contributed by atoms with van der Waals surface area (Å²) in [7, 11) is 0. The van der Waals surface area contributed by atoms with Gasteiger partial charge in [0.1, 0.15) is 5.82 Å². The Morgan fingerprint density at radius 2 is 2.00 bits per heavy atom. The van der Waals surface area contributed by atoms with Crippen LogP contribution < -0.4 is 0 Å². The maximum absolute atomic E-state index is 13.6. The van der Waals surface area contributed by atoms with Gasteiger partial charge in [0, 0.05) is 11.8 Å². The second kappa shape index (κ2) is 5.44. The molecular weight excluding hydrogens is 283 g/mol. The molecule has 3 rings (SSSR count). The van der Waals surface area contributed by atoms with Gasteiger partial charge in [-0.3, -0.25) is 0 Å². The predicted molar refractivity (Wildman–Crippen MR) is 80.7 cm³/mol. The van der Waals surface area contributed by atoms with E-state index in [2.05, 4.69) is 5.10 Å². The molecule has 0 amide bonds. The second-order valence-electron chi connectivity index (χ2n) is 4.99. The highest BCUT2D eigenvalue weighted by Gasteiger charge is 2.08. The minimum absolute atomic E-state index is 0.214. The molecule has 0 saturated carbocycles. The van der Waals surface area contributed by atoms with Crippen LogP contribution >= 0.6 is 0 Å². The zero-order chi connectivity index (χ0) is 15.7. The van der Waals surface area contributed by atoms with E-state index < -0.39 is 5.97 Å². The van der Waals surface area contributed by atoms with Crippen LogP contribution in [0.4, 0.5) is 4.39 Å². The lowest BCUT2D eigenvalue weighted by molar-refractivity contribution is 0.0697. The van der Waals surface area contributed by atoms with Gasteiger partial charge in [-0.25, -0.2) is 13.9 Å². The normalized spacial score (nSPS) is 10.6. The summed E-state index contributed by atoms with van der Waals surface area (Å²) in [6.45, 7) is 1.70. The summed E-state index contributed by atoms with van der Waals surface area (Å²) < 4.78 is 15.2. The zero-order valence-electron chi connectivity index (χ0n) is 11.8. The van der Waals surface area contributed by atoms with Crippen molar-refractivity contribution in [1.82, 2.24) is 9.78 Å². The predicted octanol–water partition coefficient (Wildman–Crippen LogP) is 3.69. The van der Waals surface area contributed by atoms with E-state index in [1.54, 1.807) is 48.3 Å². The summed E-state index contributed by atoms with van der Waals surface area (Å²) in [5.74, 6) is -1.27. The van der Waals surface area contributed by atoms with Gasteiger partial charge in [0.05, 0.1) is 17.4 Å². The van der Waals surface area contributed by atoms with Crippen molar-refractivity contribution in [2.45, 2.75) is 6.92 Å². The Kier molecular flexibility index (Phi) is 3.47. The third kappa shape index (κ3) is 2.61. The number of nitrogens with zero attached hydrogens (tertiary/aromatic N) is 2. The second-order valence-corrected chi connectivity index (χ2v) is 4.99. The van der Waals surface area contributed by atoms with E-state index in [1.807, 2.05) is 6.07 Å². The largest absolute Gasteiger partial charge is 0.478 e. The fourth-order valence-electron chi connectivity index (χ4n) is 2.17. The van der Waals surface area contributed by atoms with Crippen LogP contribution in [0.5, 0.6) is 0 Å². The fourth-order valence-corrected chi connectivity index (χ4v) is 2.17. The number of hydrogen-bond acceptors (Lipinski definition) is 2. The molecule has 0 saturated heterocycles. The Hall–Kier alpha value is -2.95. The average Bonchev–Trinajstić information content (AvgIpc) is 3.00. The number of rotatable bonds is 3. The van der Waals surface area contributed by atoms with Crippen molar-refractivity contribution in [2.24, 2.45) is 0 Å². The first-order valence-electron chi connectivity index (χ1n) is 6.69. The number of aryl methyl sites for hydroxylation is 1. The molecule has 110 valence electrons. The molecular formula is C17H13FN2O2. The van der Waals surface area contributed by atoms with Gasteiger partial charge < -0.3 is 5.11 Å². The van der Waals surface area contributed by atoms with Crippen molar-refractivity contribution < 1.29 is 14.3 Å². The maximum Gasteiger partial charge on any atom is 0.335 e. The van der Waals surface area contributed by atoms with Crippen LogP contribution in [0.25, 0.3) is 16.8 Å². The highest BCUT2D eigenvalue weighted by atomic mass is 19.1. The molecule has 0 aliphatic heterocycles. The number of aromatic nitrogens is 2. The molecule has 0 atom stereocenters. The zero-order valence-corrected chi connectivity index (χ0v) is 11.8. The van der Waals surface area contributed by atoms with Gasteiger partial charge in [0.15, 0.2) is 0 Å². The third-order valence-corrected chi connectivity index (χ3v) is 3.45. The molecule has 1 N–H and O–H groups in total. The molecule has 4 nitrogen and oxygen atoms in total. The van der Waals surface area contributed by atoms with Crippen molar-refractivity contribution in [2.75, 3.05) is 0 Å². The molecule has 1 aromatic heterocycles. The van der Waals surface area contributed by atoms with Gasteiger partial charge in [-0.05, 0) is 42.3 Å². The third-order valence-electron chi connectivity index (χ3n) is 3.45. The minimum Gasteiger partial charge on any atom is -0.478 e. The molecule has 22 heavy (non-hydrogen) atoms. The summed E-state index contributed by atoms with van der Waals surface area (Å²) in [6, 6.07) is 11.5. The molecule has 3 aromatic rings. The Balaban J connectivity index is 1.98. The van der Waals surface area contributed by atoms with Gasteiger partial charge in [0.2, 0.25) is 0 Å². The lowest BCUT2D eigenvalue weighted by Crippen LogP contribution is -1.96. The topological polar surface area (TPSA) is 55.1 Å². The van der Waals surface area contributed by atoms with E-state index in [-0.39, 0.29) is 11.4 Å². The molecule has 0 bridgehead atoms. The number of hydrogen-bond donors (Lipinski definition) is 1. The highest BCUT2D eigenvalue weighted by Crippen LogP contribution is 2.22. The van der Waals surface area contributed by atoms with Crippen molar-refractivity contribution in [1.29, 1.82) is 0 Å². The first-order chi connectivity index (χ1) is 10.5. The summed E-state index contributed by atoms with van der Waals surface area (Å²) in [5, 5.41) is 13.2. The number of carbonyl (C=O) groups is 1. The Labute approximate surface area is 126 Å². The van der Waals surface area contributed by atoms with Gasteiger partial charge in [-0.15, -0.1) is 0 Å². The lowest BCUT2D eigenvalue weighted by atomic mass is 10.1.